The highest BCUT2D eigenvalue weighted by atomic mass is 32.2. The van der Waals surface area contributed by atoms with E-state index in [1.54, 1.807) is 6.20 Å². The van der Waals surface area contributed by atoms with Crippen LogP contribution in [0.15, 0.2) is 35.4 Å². The third-order valence-corrected chi connectivity index (χ3v) is 3.92. The van der Waals surface area contributed by atoms with Gasteiger partial charge in [-0.15, -0.1) is 11.8 Å². The summed E-state index contributed by atoms with van der Waals surface area (Å²) in [6.07, 6.45) is 4.30. The van der Waals surface area contributed by atoms with Crippen molar-refractivity contribution < 1.29 is 0 Å². The first-order valence-corrected chi connectivity index (χ1v) is 6.17. The Bertz CT molecular complexity index is 462. The van der Waals surface area contributed by atoms with E-state index >= 15 is 0 Å². The van der Waals surface area contributed by atoms with Gasteiger partial charge in [-0.05, 0) is 47.9 Å². The molecule has 0 spiro atoms. The third-order valence-electron chi connectivity index (χ3n) is 2.72. The molecule has 1 aliphatic heterocycles. The van der Waals surface area contributed by atoms with Gasteiger partial charge in [0.15, 0.2) is 0 Å². The molecule has 2 heterocycles. The van der Waals surface area contributed by atoms with Crippen LogP contribution in [0.4, 0.5) is 0 Å². The Balaban J connectivity index is 2.04. The Morgan fingerprint density at radius 3 is 3.13 bits per heavy atom. The van der Waals surface area contributed by atoms with Crippen LogP contribution in [-0.2, 0) is 6.42 Å². The minimum Gasteiger partial charge on any atom is -0.278 e. The van der Waals surface area contributed by atoms with Crippen LogP contribution in [-0.4, -0.2) is 16.0 Å². The molecule has 2 nitrogen and oxygen atoms in total. The predicted octanol–water partition coefficient (Wildman–Crippen LogP) is 3.12. The lowest BCUT2D eigenvalue weighted by molar-refractivity contribution is 0.890. The van der Waals surface area contributed by atoms with Crippen molar-refractivity contribution in [1.29, 1.82) is 0 Å². The average Bonchev–Trinajstić information content (AvgIpc) is 2.82. The van der Waals surface area contributed by atoms with Crippen LogP contribution in [0.2, 0.25) is 0 Å². The molecule has 2 aromatic rings. The number of hydrogen-bond donors (Lipinski definition) is 1. The standard InChI is InChI=1S/C12H12N2S/c1-2-10-8-9(11-5-6-13-14-11)3-4-12(10)15-7-1/h3-6,8H,1-2,7H2,(H,13,14). The molecule has 0 atom stereocenters. The van der Waals surface area contributed by atoms with Crippen molar-refractivity contribution in [1.82, 2.24) is 10.2 Å². The van der Waals surface area contributed by atoms with Gasteiger partial charge in [0.05, 0.1) is 5.69 Å². The number of nitrogens with one attached hydrogen (secondary N) is 1. The number of aromatic amines is 1. The van der Waals surface area contributed by atoms with Gasteiger partial charge < -0.3 is 0 Å². The second-order valence-corrected chi connectivity index (χ2v) is 4.88. The molecule has 1 aromatic carbocycles. The Kier molecular flexibility index (Phi) is 2.25. The maximum atomic E-state index is 3.98. The van der Waals surface area contributed by atoms with Gasteiger partial charge in [0.1, 0.15) is 0 Å². The van der Waals surface area contributed by atoms with Gasteiger partial charge in [-0.1, -0.05) is 6.07 Å². The molecule has 1 aliphatic rings. The van der Waals surface area contributed by atoms with Gasteiger partial charge in [-0.3, -0.25) is 5.10 Å². The summed E-state index contributed by atoms with van der Waals surface area (Å²) in [5, 5.41) is 6.98. The highest BCUT2D eigenvalue weighted by Gasteiger charge is 2.10. The third kappa shape index (κ3) is 1.67. The fraction of sp³-hybridized carbons (Fsp3) is 0.250. The lowest BCUT2D eigenvalue weighted by Gasteiger charge is -2.15. The van der Waals surface area contributed by atoms with E-state index in [1.165, 1.54) is 34.6 Å². The first-order valence-electron chi connectivity index (χ1n) is 5.19. The van der Waals surface area contributed by atoms with Crippen LogP contribution in [0, 0.1) is 0 Å². The minimum absolute atomic E-state index is 1.10. The van der Waals surface area contributed by atoms with Crippen LogP contribution in [0.5, 0.6) is 0 Å². The zero-order chi connectivity index (χ0) is 10.1. The van der Waals surface area contributed by atoms with Crippen molar-refractivity contribution in [2.24, 2.45) is 0 Å². The van der Waals surface area contributed by atoms with Crippen molar-refractivity contribution in [3.63, 3.8) is 0 Å². The van der Waals surface area contributed by atoms with Gasteiger partial charge in [-0.25, -0.2) is 0 Å². The maximum absolute atomic E-state index is 3.98. The number of aromatic nitrogens is 2. The van der Waals surface area contributed by atoms with E-state index in [4.69, 9.17) is 0 Å². The molecular weight excluding hydrogens is 204 g/mol. The molecule has 0 saturated carbocycles. The van der Waals surface area contributed by atoms with Crippen molar-refractivity contribution in [3.8, 4) is 11.3 Å². The van der Waals surface area contributed by atoms with Crippen molar-refractivity contribution in [3.05, 3.63) is 36.0 Å². The molecule has 0 saturated heterocycles. The lowest BCUT2D eigenvalue weighted by atomic mass is 10.0. The molecule has 0 radical (unpaired) electrons. The molecule has 3 heteroatoms. The summed E-state index contributed by atoms with van der Waals surface area (Å²) >= 11 is 1.97. The quantitative estimate of drug-likeness (QED) is 0.793. The Labute approximate surface area is 93.1 Å². The molecule has 1 N–H and O–H groups in total. The molecule has 76 valence electrons. The van der Waals surface area contributed by atoms with Crippen molar-refractivity contribution in [2.75, 3.05) is 5.75 Å². The topological polar surface area (TPSA) is 28.7 Å². The number of H-pyrrole nitrogens is 1. The molecule has 3 rings (SSSR count). The van der Waals surface area contributed by atoms with Crippen molar-refractivity contribution in [2.45, 2.75) is 17.7 Å². The Morgan fingerprint density at radius 1 is 1.27 bits per heavy atom. The highest BCUT2D eigenvalue weighted by molar-refractivity contribution is 7.99. The second kappa shape index (κ2) is 3.74. The summed E-state index contributed by atoms with van der Waals surface area (Å²) in [6, 6.07) is 8.70. The van der Waals surface area contributed by atoms with Gasteiger partial charge >= 0.3 is 0 Å². The Morgan fingerprint density at radius 2 is 2.27 bits per heavy atom. The number of thioether (sulfide) groups is 1. The summed E-state index contributed by atoms with van der Waals surface area (Å²) in [5.41, 5.74) is 3.83. The zero-order valence-corrected chi connectivity index (χ0v) is 9.18. The summed E-state index contributed by atoms with van der Waals surface area (Å²) in [5.74, 6) is 1.26. The molecule has 0 amide bonds. The van der Waals surface area contributed by atoms with Crippen LogP contribution < -0.4 is 0 Å². The number of fused-ring (bicyclic) bond motifs is 1. The van der Waals surface area contributed by atoms with E-state index in [2.05, 4.69) is 28.4 Å². The smallest absolute Gasteiger partial charge is 0.0650 e. The number of hydrogen-bond acceptors (Lipinski definition) is 2. The van der Waals surface area contributed by atoms with E-state index in [0.717, 1.165) is 5.69 Å². The van der Waals surface area contributed by atoms with Crippen LogP contribution in [0.25, 0.3) is 11.3 Å². The normalized spacial score (nSPS) is 14.9. The van der Waals surface area contributed by atoms with Gasteiger partial charge in [0, 0.05) is 11.1 Å². The summed E-state index contributed by atoms with van der Waals surface area (Å²) in [6.45, 7) is 0. The molecule has 0 unspecified atom stereocenters. The van der Waals surface area contributed by atoms with Gasteiger partial charge in [0.25, 0.3) is 0 Å². The number of benzene rings is 1. The fourth-order valence-corrected chi connectivity index (χ4v) is 2.96. The molecule has 15 heavy (non-hydrogen) atoms. The van der Waals surface area contributed by atoms with E-state index in [-0.39, 0.29) is 0 Å². The predicted molar refractivity (Wildman–Crippen MR) is 63.1 cm³/mol. The summed E-state index contributed by atoms with van der Waals surface area (Å²) in [4.78, 5) is 1.45. The summed E-state index contributed by atoms with van der Waals surface area (Å²) < 4.78 is 0. The first-order chi connectivity index (χ1) is 7.43. The fourth-order valence-electron chi connectivity index (χ4n) is 1.94. The molecule has 1 aromatic heterocycles. The maximum Gasteiger partial charge on any atom is 0.0650 e. The first kappa shape index (κ1) is 9.04. The van der Waals surface area contributed by atoms with Crippen LogP contribution >= 0.6 is 11.8 Å². The van der Waals surface area contributed by atoms with Gasteiger partial charge in [0.2, 0.25) is 0 Å². The van der Waals surface area contributed by atoms with E-state index in [1.807, 2.05) is 17.8 Å². The Hall–Kier alpha value is -1.22. The number of nitrogens with zero attached hydrogens (tertiary/aromatic N) is 1. The molecule has 0 fully saturated rings. The number of aryl methyl sites for hydroxylation is 1. The van der Waals surface area contributed by atoms with E-state index < -0.39 is 0 Å². The largest absolute Gasteiger partial charge is 0.278 e. The zero-order valence-electron chi connectivity index (χ0n) is 8.36. The SMILES string of the molecule is c1cc(-c2ccc3c(c2)CCCS3)[nH]n1. The van der Waals surface area contributed by atoms with Crippen molar-refractivity contribution >= 4 is 11.8 Å². The second-order valence-electron chi connectivity index (χ2n) is 3.74. The summed E-state index contributed by atoms with van der Waals surface area (Å²) in [7, 11) is 0. The monoisotopic (exact) mass is 216 g/mol. The lowest BCUT2D eigenvalue weighted by Crippen LogP contribution is -1.98. The highest BCUT2D eigenvalue weighted by Crippen LogP contribution is 2.32. The van der Waals surface area contributed by atoms with Gasteiger partial charge in [-0.2, -0.15) is 5.10 Å². The average molecular weight is 216 g/mol. The molecule has 0 bridgehead atoms. The van der Waals surface area contributed by atoms with E-state index in [0.29, 0.717) is 0 Å². The molecular formula is C12H12N2S. The molecule has 0 aliphatic carbocycles. The van der Waals surface area contributed by atoms with Crippen LogP contribution in [0.3, 0.4) is 0 Å². The van der Waals surface area contributed by atoms with Crippen LogP contribution in [0.1, 0.15) is 12.0 Å². The van der Waals surface area contributed by atoms with E-state index in [9.17, 15) is 0 Å². The minimum atomic E-state index is 1.10. The number of rotatable bonds is 1.